The van der Waals surface area contributed by atoms with Gasteiger partial charge in [0.05, 0.1) is 30.3 Å². The molecule has 35 heavy (non-hydrogen) atoms. The maximum absolute atomic E-state index is 13.2. The van der Waals surface area contributed by atoms with E-state index in [2.05, 4.69) is 15.3 Å². The molecule has 1 atom stereocenters. The summed E-state index contributed by atoms with van der Waals surface area (Å²) in [5.74, 6) is -0.633. The quantitative estimate of drug-likeness (QED) is 0.397. The number of amidine groups is 1. The standard InChI is InChI=1S/C25H25ClN4O4S/c1-16-22(24(32)34-10-9-33-2)23(18-6-3-7-19(26)11-18)30-20(15-35-25(30)29-16)12-21(31)28-14-17-5-4-8-27-13-17/h3-8,11,13,15,23H,9-10,12,14H2,1-2H3,(H,28,31)/t23-/m0/s1. The van der Waals surface area contributed by atoms with Crippen LogP contribution in [0.3, 0.4) is 0 Å². The van der Waals surface area contributed by atoms with Crippen LogP contribution in [0.25, 0.3) is 0 Å². The van der Waals surface area contributed by atoms with Gasteiger partial charge in [0.15, 0.2) is 5.17 Å². The number of thioether (sulfide) groups is 1. The molecule has 10 heteroatoms. The minimum atomic E-state index is -0.538. The van der Waals surface area contributed by atoms with Gasteiger partial charge < -0.3 is 19.7 Å². The summed E-state index contributed by atoms with van der Waals surface area (Å²) in [6, 6.07) is 10.5. The Balaban J connectivity index is 1.59. The van der Waals surface area contributed by atoms with Crippen LogP contribution in [0.1, 0.15) is 30.5 Å². The number of esters is 1. The third kappa shape index (κ3) is 5.93. The first-order valence-electron chi connectivity index (χ1n) is 11.0. The molecule has 1 N–H and O–H groups in total. The number of methoxy groups -OCH3 is 1. The number of ether oxygens (including phenoxy) is 2. The predicted molar refractivity (Wildman–Crippen MR) is 135 cm³/mol. The number of rotatable bonds is 9. The van der Waals surface area contributed by atoms with Crippen molar-refractivity contribution in [1.82, 2.24) is 15.2 Å². The fourth-order valence-corrected chi connectivity index (χ4v) is 5.01. The lowest BCUT2D eigenvalue weighted by Gasteiger charge is -2.36. The van der Waals surface area contributed by atoms with Crippen molar-refractivity contribution in [3.05, 3.63) is 87.3 Å². The molecule has 0 spiro atoms. The van der Waals surface area contributed by atoms with Gasteiger partial charge >= 0.3 is 5.97 Å². The number of carbonyl (C=O) groups is 2. The summed E-state index contributed by atoms with van der Waals surface area (Å²) >= 11 is 7.72. The fourth-order valence-electron chi connectivity index (χ4n) is 3.85. The van der Waals surface area contributed by atoms with Crippen LogP contribution in [0.15, 0.2) is 76.2 Å². The largest absolute Gasteiger partial charge is 0.460 e. The lowest BCUT2D eigenvalue weighted by molar-refractivity contribution is -0.141. The van der Waals surface area contributed by atoms with E-state index in [1.807, 2.05) is 40.6 Å². The summed E-state index contributed by atoms with van der Waals surface area (Å²) in [6.45, 7) is 2.57. The number of pyridine rings is 1. The zero-order valence-electron chi connectivity index (χ0n) is 19.4. The Bertz CT molecular complexity index is 1200. The molecule has 4 rings (SSSR count). The Hall–Kier alpha value is -3.14. The third-order valence-corrected chi connectivity index (χ3v) is 6.58. The molecule has 3 heterocycles. The second-order valence-corrected chi connectivity index (χ2v) is 9.16. The summed E-state index contributed by atoms with van der Waals surface area (Å²) in [5.41, 5.74) is 3.40. The molecular weight excluding hydrogens is 488 g/mol. The molecule has 2 aliphatic heterocycles. The van der Waals surface area contributed by atoms with Gasteiger partial charge in [0.25, 0.3) is 0 Å². The molecular formula is C25H25ClN4O4S. The van der Waals surface area contributed by atoms with Crippen molar-refractivity contribution in [2.45, 2.75) is 25.9 Å². The van der Waals surface area contributed by atoms with E-state index in [9.17, 15) is 9.59 Å². The highest BCUT2D eigenvalue weighted by molar-refractivity contribution is 8.16. The first-order valence-corrected chi connectivity index (χ1v) is 12.2. The smallest absolute Gasteiger partial charge is 0.338 e. The van der Waals surface area contributed by atoms with Crippen LogP contribution in [-0.2, 0) is 25.6 Å². The number of carbonyl (C=O) groups excluding carboxylic acids is 2. The number of allylic oxidation sites excluding steroid dienone is 1. The average Bonchev–Trinajstić information content (AvgIpc) is 3.24. The van der Waals surface area contributed by atoms with Crippen LogP contribution in [0.5, 0.6) is 0 Å². The van der Waals surface area contributed by atoms with E-state index in [4.69, 9.17) is 21.1 Å². The van der Waals surface area contributed by atoms with Crippen LogP contribution in [-0.4, -0.2) is 47.3 Å². The summed E-state index contributed by atoms with van der Waals surface area (Å²) in [5, 5.41) is 6.06. The highest BCUT2D eigenvalue weighted by Gasteiger charge is 2.41. The number of hydrogen-bond donors (Lipinski definition) is 1. The molecule has 0 bridgehead atoms. The number of nitrogens with one attached hydrogen (secondary N) is 1. The molecule has 0 aliphatic carbocycles. The summed E-state index contributed by atoms with van der Waals surface area (Å²) in [7, 11) is 1.54. The molecule has 1 aromatic carbocycles. The van der Waals surface area contributed by atoms with Crippen LogP contribution >= 0.6 is 23.4 Å². The number of hydrogen-bond acceptors (Lipinski definition) is 8. The van der Waals surface area contributed by atoms with Gasteiger partial charge in [-0.3, -0.25) is 9.78 Å². The normalized spacial score (nSPS) is 17.0. The van der Waals surface area contributed by atoms with Crippen LogP contribution < -0.4 is 5.32 Å². The van der Waals surface area contributed by atoms with Gasteiger partial charge in [-0.05, 0) is 41.7 Å². The molecule has 0 saturated carbocycles. The highest BCUT2D eigenvalue weighted by atomic mass is 35.5. The summed E-state index contributed by atoms with van der Waals surface area (Å²) in [6.07, 6.45) is 3.52. The molecule has 0 radical (unpaired) electrons. The number of halogens is 1. The first-order chi connectivity index (χ1) is 17.0. The molecule has 1 amide bonds. The molecule has 0 saturated heterocycles. The van der Waals surface area contributed by atoms with E-state index in [0.29, 0.717) is 28.0 Å². The maximum atomic E-state index is 13.2. The van der Waals surface area contributed by atoms with Crippen molar-refractivity contribution >= 4 is 40.4 Å². The monoisotopic (exact) mass is 512 g/mol. The van der Waals surface area contributed by atoms with E-state index in [1.165, 1.54) is 11.8 Å². The number of fused-ring (bicyclic) bond motifs is 1. The molecule has 0 unspecified atom stereocenters. The second-order valence-electron chi connectivity index (χ2n) is 7.89. The van der Waals surface area contributed by atoms with Gasteiger partial charge in [0, 0.05) is 36.8 Å². The topological polar surface area (TPSA) is 93.1 Å². The van der Waals surface area contributed by atoms with Crippen LogP contribution in [0.4, 0.5) is 0 Å². The number of aliphatic imine (C=N–C) groups is 1. The third-order valence-electron chi connectivity index (χ3n) is 5.46. The Morgan fingerprint density at radius 1 is 1.23 bits per heavy atom. The van der Waals surface area contributed by atoms with Crippen LogP contribution in [0, 0.1) is 0 Å². The van der Waals surface area contributed by atoms with Gasteiger partial charge in [-0.1, -0.05) is 41.6 Å². The van der Waals surface area contributed by atoms with E-state index >= 15 is 0 Å². The van der Waals surface area contributed by atoms with Gasteiger partial charge in [0.1, 0.15) is 6.61 Å². The summed E-state index contributed by atoms with van der Waals surface area (Å²) in [4.78, 5) is 36.6. The Kier molecular flexibility index (Phi) is 8.22. The van der Waals surface area contributed by atoms with E-state index in [-0.39, 0.29) is 25.5 Å². The van der Waals surface area contributed by atoms with E-state index < -0.39 is 12.0 Å². The van der Waals surface area contributed by atoms with Crippen molar-refractivity contribution in [3.8, 4) is 0 Å². The molecule has 1 aromatic heterocycles. The van der Waals surface area contributed by atoms with Crippen molar-refractivity contribution < 1.29 is 19.1 Å². The van der Waals surface area contributed by atoms with Crippen molar-refractivity contribution in [2.24, 2.45) is 4.99 Å². The molecule has 182 valence electrons. The number of nitrogens with zero attached hydrogens (tertiary/aromatic N) is 3. The van der Waals surface area contributed by atoms with Gasteiger partial charge in [-0.15, -0.1) is 0 Å². The summed E-state index contributed by atoms with van der Waals surface area (Å²) < 4.78 is 10.5. The fraction of sp³-hybridized carbons (Fsp3) is 0.280. The zero-order chi connectivity index (χ0) is 24.8. The number of amides is 1. The Labute approximate surface area is 213 Å². The zero-order valence-corrected chi connectivity index (χ0v) is 20.9. The molecule has 2 aliphatic rings. The van der Waals surface area contributed by atoms with Crippen molar-refractivity contribution in [2.75, 3.05) is 20.3 Å². The Morgan fingerprint density at radius 3 is 2.83 bits per heavy atom. The second kappa shape index (κ2) is 11.5. The van der Waals surface area contributed by atoms with Gasteiger partial charge in [-0.25, -0.2) is 9.79 Å². The lowest BCUT2D eigenvalue weighted by atomic mass is 9.94. The first kappa shape index (κ1) is 25.0. The van der Waals surface area contributed by atoms with Crippen molar-refractivity contribution in [1.29, 1.82) is 0 Å². The molecule has 2 aromatic rings. The number of aromatic nitrogens is 1. The van der Waals surface area contributed by atoms with Gasteiger partial charge in [-0.2, -0.15) is 0 Å². The maximum Gasteiger partial charge on any atom is 0.338 e. The molecule has 8 nitrogen and oxygen atoms in total. The molecule has 0 fully saturated rings. The minimum absolute atomic E-state index is 0.119. The minimum Gasteiger partial charge on any atom is -0.460 e. The lowest BCUT2D eigenvalue weighted by Crippen LogP contribution is -2.38. The van der Waals surface area contributed by atoms with E-state index in [1.54, 1.807) is 32.5 Å². The van der Waals surface area contributed by atoms with Crippen molar-refractivity contribution in [3.63, 3.8) is 0 Å². The predicted octanol–water partition coefficient (Wildman–Crippen LogP) is 4.21. The SMILES string of the molecule is COCCOC(=O)C1=C(C)N=C2SC=C(CC(=O)NCc3cccnc3)N2[C@H]1c1cccc(Cl)c1. The number of benzene rings is 1. The van der Waals surface area contributed by atoms with Crippen LogP contribution in [0.2, 0.25) is 5.02 Å². The van der Waals surface area contributed by atoms with E-state index in [0.717, 1.165) is 16.8 Å². The Morgan fingerprint density at radius 2 is 2.09 bits per heavy atom. The van der Waals surface area contributed by atoms with Gasteiger partial charge in [0.2, 0.25) is 5.91 Å². The average molecular weight is 513 g/mol. The highest BCUT2D eigenvalue weighted by Crippen LogP contribution is 2.45.